The van der Waals surface area contributed by atoms with Crippen molar-refractivity contribution in [3.63, 3.8) is 0 Å². The normalized spacial score (nSPS) is 18.8. The highest BCUT2D eigenvalue weighted by Gasteiger charge is 2.33. The number of amidine groups is 1. The van der Waals surface area contributed by atoms with Gasteiger partial charge in [0.2, 0.25) is 10.0 Å². The zero-order valence-corrected chi connectivity index (χ0v) is 18.7. The number of sulfonamides is 1. The topological polar surface area (TPSA) is 182 Å². The van der Waals surface area contributed by atoms with Crippen LogP contribution in [-0.2, 0) is 19.9 Å². The van der Waals surface area contributed by atoms with Crippen LogP contribution in [0.2, 0.25) is 0 Å². The van der Waals surface area contributed by atoms with Gasteiger partial charge in [-0.3, -0.25) is 0 Å². The summed E-state index contributed by atoms with van der Waals surface area (Å²) in [6, 6.07) is 6.04. The van der Waals surface area contributed by atoms with E-state index in [0.717, 1.165) is 19.4 Å². The molecule has 0 spiro atoms. The summed E-state index contributed by atoms with van der Waals surface area (Å²) in [5.41, 5.74) is 6.51. The van der Waals surface area contributed by atoms with Gasteiger partial charge in [-0.1, -0.05) is 6.07 Å². The lowest BCUT2D eigenvalue weighted by atomic mass is 10.00. The number of sulfone groups is 1. The van der Waals surface area contributed by atoms with Crippen LogP contribution in [0.15, 0.2) is 55.5 Å². The van der Waals surface area contributed by atoms with Gasteiger partial charge in [-0.2, -0.15) is 5.11 Å². The number of nitrogen functional groups attached to an aromatic ring is 1. The number of nitrogens with zero attached hydrogens (tertiary/aromatic N) is 4. The van der Waals surface area contributed by atoms with Gasteiger partial charge in [-0.25, -0.2) is 32.0 Å². The van der Waals surface area contributed by atoms with Crippen LogP contribution in [0.25, 0.3) is 11.1 Å². The summed E-state index contributed by atoms with van der Waals surface area (Å²) in [4.78, 5) is 7.26. The van der Waals surface area contributed by atoms with Gasteiger partial charge in [0.25, 0.3) is 0 Å². The Hall–Kier alpha value is -2.74. The molecule has 13 heteroatoms. The number of primary sulfonamides is 1. The maximum absolute atomic E-state index is 13.2. The van der Waals surface area contributed by atoms with E-state index >= 15 is 0 Å². The predicted molar refractivity (Wildman–Crippen MR) is 119 cm³/mol. The predicted octanol–water partition coefficient (Wildman–Crippen LogP) is 1.06. The molecule has 1 atom stereocenters. The summed E-state index contributed by atoms with van der Waals surface area (Å²) in [5.74, 6) is 0.0542. The first-order valence-corrected chi connectivity index (χ1v) is 13.2. The van der Waals surface area contributed by atoms with Crippen molar-refractivity contribution < 1.29 is 16.8 Å². The second-order valence-electron chi connectivity index (χ2n) is 7.60. The SMILES string of the molecule is Nc1ccc(-c2ccc(S(=O)(=O)CC[C@@H]3CCCN3)c(S(N)(=O)=O)c2C2=NCN=N2)cn1. The summed E-state index contributed by atoms with van der Waals surface area (Å²) in [5, 5.41) is 16.5. The number of azo groups is 1. The number of rotatable bonds is 7. The Morgan fingerprint density at radius 3 is 2.53 bits per heavy atom. The fourth-order valence-electron chi connectivity index (χ4n) is 3.89. The molecule has 0 unspecified atom stereocenters. The number of aliphatic imine (C=N–C) groups is 1. The number of hydrogen-bond acceptors (Lipinski definition) is 10. The standard InChI is InChI=1S/C19H23N7O4S2/c20-16-6-3-12(10-23-16)14-4-5-15(31(27,28)9-7-13-2-1-8-22-13)18(32(21,29)30)17(14)19-24-11-25-26-19/h3-6,10,13,22H,1-2,7-9,11H2,(H2,20,23)(H2,21,29,30)/t13-/m0/s1. The Morgan fingerprint density at radius 1 is 1.12 bits per heavy atom. The molecule has 5 N–H and O–H groups in total. The average molecular weight is 478 g/mol. The maximum atomic E-state index is 13.2. The minimum Gasteiger partial charge on any atom is -0.384 e. The Balaban J connectivity index is 1.91. The Labute approximate surface area is 186 Å². The van der Waals surface area contributed by atoms with E-state index < -0.39 is 24.8 Å². The molecule has 2 aromatic rings. The highest BCUT2D eigenvalue weighted by atomic mass is 32.2. The smallest absolute Gasteiger partial charge is 0.240 e. The largest absolute Gasteiger partial charge is 0.384 e. The van der Waals surface area contributed by atoms with E-state index in [1.54, 1.807) is 12.1 Å². The molecule has 1 aromatic carbocycles. The second kappa shape index (κ2) is 8.65. The van der Waals surface area contributed by atoms with E-state index in [-0.39, 0.29) is 40.6 Å². The van der Waals surface area contributed by atoms with Crippen LogP contribution in [0.1, 0.15) is 24.8 Å². The van der Waals surface area contributed by atoms with Gasteiger partial charge in [-0.15, -0.1) is 5.11 Å². The third kappa shape index (κ3) is 4.55. The third-order valence-corrected chi connectivity index (χ3v) is 8.31. The zero-order chi connectivity index (χ0) is 22.9. The summed E-state index contributed by atoms with van der Waals surface area (Å²) in [6.45, 7) is 0.843. The number of aromatic nitrogens is 1. The highest BCUT2D eigenvalue weighted by molar-refractivity contribution is 7.93. The van der Waals surface area contributed by atoms with Crippen molar-refractivity contribution in [1.29, 1.82) is 0 Å². The Kier molecular flexibility index (Phi) is 6.07. The van der Waals surface area contributed by atoms with Crippen molar-refractivity contribution in [3.8, 4) is 11.1 Å². The summed E-state index contributed by atoms with van der Waals surface area (Å²) < 4.78 is 51.9. The quantitative estimate of drug-likeness (QED) is 0.532. The molecule has 2 aliphatic heterocycles. The van der Waals surface area contributed by atoms with Gasteiger partial charge in [0.1, 0.15) is 10.7 Å². The first-order chi connectivity index (χ1) is 15.2. The minimum atomic E-state index is -4.48. The number of nitrogens with two attached hydrogens (primary N) is 2. The first-order valence-electron chi connectivity index (χ1n) is 9.97. The lowest BCUT2D eigenvalue weighted by molar-refractivity contribution is 0.559. The van der Waals surface area contributed by atoms with Crippen molar-refractivity contribution in [2.45, 2.75) is 35.1 Å². The molecule has 3 heterocycles. The molecule has 4 rings (SSSR count). The van der Waals surface area contributed by atoms with Crippen molar-refractivity contribution in [2.75, 3.05) is 24.7 Å². The summed E-state index contributed by atoms with van der Waals surface area (Å²) in [6.07, 6.45) is 3.68. The Morgan fingerprint density at radius 2 is 1.94 bits per heavy atom. The molecular formula is C19H23N7O4S2. The molecule has 1 fully saturated rings. The monoisotopic (exact) mass is 477 g/mol. The zero-order valence-electron chi connectivity index (χ0n) is 17.1. The lowest BCUT2D eigenvalue weighted by Crippen LogP contribution is -2.26. The van der Waals surface area contributed by atoms with Crippen LogP contribution in [-0.4, -0.2) is 52.7 Å². The van der Waals surface area contributed by atoms with Crippen LogP contribution in [0, 0.1) is 0 Å². The molecule has 0 bridgehead atoms. The summed E-state index contributed by atoms with van der Waals surface area (Å²) in [7, 11) is -8.46. The fourth-order valence-corrected chi connectivity index (χ4v) is 6.92. The van der Waals surface area contributed by atoms with Crippen molar-refractivity contribution in [2.24, 2.45) is 20.4 Å². The molecule has 1 saturated heterocycles. The van der Waals surface area contributed by atoms with Gasteiger partial charge in [-0.05, 0) is 49.6 Å². The van der Waals surface area contributed by atoms with Crippen molar-refractivity contribution in [3.05, 3.63) is 36.0 Å². The van der Waals surface area contributed by atoms with Crippen LogP contribution in [0.3, 0.4) is 0 Å². The van der Waals surface area contributed by atoms with Crippen LogP contribution in [0.4, 0.5) is 5.82 Å². The first kappa shape index (κ1) is 22.5. The van der Waals surface area contributed by atoms with E-state index in [2.05, 4.69) is 25.5 Å². The van der Waals surface area contributed by atoms with Crippen LogP contribution < -0.4 is 16.2 Å². The molecule has 0 radical (unpaired) electrons. The van der Waals surface area contributed by atoms with Gasteiger partial charge in [0.15, 0.2) is 22.3 Å². The summed E-state index contributed by atoms with van der Waals surface area (Å²) >= 11 is 0. The van der Waals surface area contributed by atoms with E-state index in [9.17, 15) is 16.8 Å². The molecule has 170 valence electrons. The molecule has 11 nitrogen and oxygen atoms in total. The molecule has 0 amide bonds. The van der Waals surface area contributed by atoms with Crippen LogP contribution >= 0.6 is 0 Å². The van der Waals surface area contributed by atoms with Crippen molar-refractivity contribution >= 4 is 31.5 Å². The van der Waals surface area contributed by atoms with Gasteiger partial charge < -0.3 is 11.1 Å². The molecule has 2 aliphatic rings. The minimum absolute atomic E-state index is 0.00312. The van der Waals surface area contributed by atoms with Gasteiger partial charge in [0, 0.05) is 17.8 Å². The average Bonchev–Trinajstić information content (AvgIpc) is 3.45. The van der Waals surface area contributed by atoms with E-state index in [1.165, 1.54) is 18.3 Å². The molecule has 0 aliphatic carbocycles. The number of nitrogens with one attached hydrogen (secondary N) is 1. The van der Waals surface area contributed by atoms with Crippen molar-refractivity contribution in [1.82, 2.24) is 10.3 Å². The Bertz CT molecular complexity index is 1300. The highest BCUT2D eigenvalue weighted by Crippen LogP contribution is 2.35. The third-order valence-electron chi connectivity index (χ3n) is 5.41. The van der Waals surface area contributed by atoms with E-state index in [1.807, 2.05) is 0 Å². The number of pyridine rings is 1. The lowest BCUT2D eigenvalue weighted by Gasteiger charge is -2.17. The van der Waals surface area contributed by atoms with E-state index in [0.29, 0.717) is 17.5 Å². The van der Waals surface area contributed by atoms with Crippen LogP contribution in [0.5, 0.6) is 0 Å². The molecule has 0 saturated carbocycles. The molecule has 1 aromatic heterocycles. The molecule has 32 heavy (non-hydrogen) atoms. The number of benzene rings is 1. The van der Waals surface area contributed by atoms with E-state index in [4.69, 9.17) is 10.9 Å². The van der Waals surface area contributed by atoms with Gasteiger partial charge >= 0.3 is 0 Å². The fraction of sp³-hybridized carbons (Fsp3) is 0.368. The maximum Gasteiger partial charge on any atom is 0.240 e. The second-order valence-corrected chi connectivity index (χ2v) is 11.2. The number of hydrogen-bond donors (Lipinski definition) is 3. The number of anilines is 1. The molecular weight excluding hydrogens is 454 g/mol. The van der Waals surface area contributed by atoms with Gasteiger partial charge in [0.05, 0.1) is 16.2 Å².